The number of carboxylic acids is 1. The molecule has 0 radical (unpaired) electrons. The van der Waals surface area contributed by atoms with Gasteiger partial charge >= 0.3 is 5.97 Å². The average molecular weight is 260 g/mol. The summed E-state index contributed by atoms with van der Waals surface area (Å²) >= 11 is 2.78. The van der Waals surface area contributed by atoms with E-state index in [4.69, 9.17) is 5.11 Å². The van der Waals surface area contributed by atoms with Crippen LogP contribution in [0.15, 0.2) is 29.2 Å². The number of thioether (sulfide) groups is 2. The van der Waals surface area contributed by atoms with Gasteiger partial charge in [0, 0.05) is 16.4 Å². The van der Waals surface area contributed by atoms with Crippen LogP contribution >= 0.6 is 23.5 Å². The molecule has 0 heterocycles. The Morgan fingerprint density at radius 2 is 2.12 bits per heavy atom. The van der Waals surface area contributed by atoms with Crippen molar-refractivity contribution in [2.45, 2.75) is 17.1 Å². The molecular weight excluding hydrogens is 247 g/mol. The van der Waals surface area contributed by atoms with Crippen molar-refractivity contribution in [3.05, 3.63) is 30.1 Å². The summed E-state index contributed by atoms with van der Waals surface area (Å²) in [7, 11) is 0. The highest BCUT2D eigenvalue weighted by Gasteiger charge is 2.10. The molecule has 0 aliphatic carbocycles. The van der Waals surface area contributed by atoms with E-state index in [9.17, 15) is 9.18 Å². The number of hydrogen-bond acceptors (Lipinski definition) is 3. The molecule has 2 nitrogen and oxygen atoms in total. The van der Waals surface area contributed by atoms with E-state index in [1.807, 2.05) is 0 Å². The first-order valence-electron chi connectivity index (χ1n) is 4.83. The minimum Gasteiger partial charge on any atom is -0.480 e. The monoisotopic (exact) mass is 260 g/mol. The Labute approximate surface area is 103 Å². The highest BCUT2D eigenvalue weighted by molar-refractivity contribution is 8.03. The molecule has 0 saturated heterocycles. The number of rotatable bonds is 6. The van der Waals surface area contributed by atoms with Crippen molar-refractivity contribution in [3.63, 3.8) is 0 Å². The zero-order chi connectivity index (χ0) is 12.0. The third kappa shape index (κ3) is 4.45. The van der Waals surface area contributed by atoms with E-state index >= 15 is 0 Å². The Kier molecular flexibility index (Phi) is 5.69. The maximum atomic E-state index is 13.2. The predicted molar refractivity (Wildman–Crippen MR) is 66.7 cm³/mol. The van der Waals surface area contributed by atoms with Gasteiger partial charge in [-0.25, -0.2) is 4.39 Å². The third-order valence-electron chi connectivity index (χ3n) is 1.89. The summed E-state index contributed by atoms with van der Waals surface area (Å²) in [4.78, 5) is 11.1. The Bertz CT molecular complexity index is 358. The van der Waals surface area contributed by atoms with Crippen molar-refractivity contribution < 1.29 is 14.3 Å². The van der Waals surface area contributed by atoms with Crippen LogP contribution in [0.5, 0.6) is 0 Å². The Balaban J connectivity index is 2.26. The van der Waals surface area contributed by atoms with Gasteiger partial charge in [0.25, 0.3) is 0 Å². The lowest BCUT2D eigenvalue weighted by molar-refractivity contribution is -0.136. The number of carbonyl (C=O) groups is 1. The molecule has 0 bridgehead atoms. The van der Waals surface area contributed by atoms with Crippen molar-refractivity contribution >= 4 is 29.5 Å². The SMILES string of the molecule is CC(SCCSc1ccccc1F)C(=O)O. The van der Waals surface area contributed by atoms with Crippen LogP contribution in [0, 0.1) is 5.82 Å². The van der Waals surface area contributed by atoms with Crippen molar-refractivity contribution in [1.29, 1.82) is 0 Å². The molecule has 1 aromatic carbocycles. The first-order valence-corrected chi connectivity index (χ1v) is 6.86. The van der Waals surface area contributed by atoms with Crippen molar-refractivity contribution in [2.24, 2.45) is 0 Å². The normalized spacial score (nSPS) is 12.4. The summed E-state index contributed by atoms with van der Waals surface area (Å²) in [6, 6.07) is 6.60. The average Bonchev–Trinajstić information content (AvgIpc) is 2.26. The van der Waals surface area contributed by atoms with Crippen LogP contribution in [0.4, 0.5) is 4.39 Å². The number of benzene rings is 1. The van der Waals surface area contributed by atoms with E-state index in [0.717, 1.165) is 0 Å². The lowest BCUT2D eigenvalue weighted by Gasteiger charge is -2.06. The molecule has 0 saturated carbocycles. The van der Waals surface area contributed by atoms with Crippen LogP contribution in [0.2, 0.25) is 0 Å². The minimum atomic E-state index is -0.805. The molecule has 1 unspecified atom stereocenters. The lowest BCUT2D eigenvalue weighted by Crippen LogP contribution is -2.12. The number of carboxylic acid groups (broad SMARTS) is 1. The molecule has 1 rings (SSSR count). The van der Waals surface area contributed by atoms with Gasteiger partial charge in [0.05, 0.1) is 5.25 Å². The summed E-state index contributed by atoms with van der Waals surface area (Å²) in [6.45, 7) is 1.65. The summed E-state index contributed by atoms with van der Waals surface area (Å²) in [5.74, 6) is 0.389. The maximum absolute atomic E-state index is 13.2. The fraction of sp³-hybridized carbons (Fsp3) is 0.364. The zero-order valence-corrected chi connectivity index (χ0v) is 10.5. The van der Waals surface area contributed by atoms with Gasteiger partial charge in [-0.2, -0.15) is 0 Å². The van der Waals surface area contributed by atoms with Crippen LogP contribution < -0.4 is 0 Å². The van der Waals surface area contributed by atoms with Gasteiger partial charge in [-0.3, -0.25) is 4.79 Å². The smallest absolute Gasteiger partial charge is 0.316 e. The molecule has 0 aromatic heterocycles. The Hall–Kier alpha value is -0.680. The third-order valence-corrected chi connectivity index (χ3v) is 4.34. The van der Waals surface area contributed by atoms with Gasteiger partial charge in [-0.05, 0) is 19.1 Å². The van der Waals surface area contributed by atoms with Crippen LogP contribution in [0.25, 0.3) is 0 Å². The molecule has 0 aliphatic rings. The molecule has 1 atom stereocenters. The second-order valence-electron chi connectivity index (χ2n) is 3.13. The Morgan fingerprint density at radius 1 is 1.44 bits per heavy atom. The predicted octanol–water partition coefficient (Wildman–Crippen LogP) is 3.12. The summed E-state index contributed by atoms with van der Waals surface area (Å²) < 4.78 is 13.2. The highest BCUT2D eigenvalue weighted by atomic mass is 32.2. The molecule has 1 aromatic rings. The lowest BCUT2D eigenvalue weighted by atomic mass is 10.3. The molecule has 0 fully saturated rings. The van der Waals surface area contributed by atoms with Gasteiger partial charge in [-0.15, -0.1) is 23.5 Å². The molecule has 5 heteroatoms. The fourth-order valence-electron chi connectivity index (χ4n) is 1.01. The van der Waals surface area contributed by atoms with E-state index in [1.54, 1.807) is 25.1 Å². The first-order chi connectivity index (χ1) is 7.61. The maximum Gasteiger partial charge on any atom is 0.316 e. The van der Waals surface area contributed by atoms with Crippen LogP contribution in [0.3, 0.4) is 0 Å². The van der Waals surface area contributed by atoms with Crippen LogP contribution in [0.1, 0.15) is 6.92 Å². The number of aliphatic carboxylic acids is 1. The second-order valence-corrected chi connectivity index (χ2v) is 5.72. The largest absolute Gasteiger partial charge is 0.480 e. The summed E-state index contributed by atoms with van der Waals surface area (Å²) in [5, 5.41) is 8.25. The van der Waals surface area contributed by atoms with E-state index in [1.165, 1.54) is 29.6 Å². The van der Waals surface area contributed by atoms with Crippen molar-refractivity contribution in [1.82, 2.24) is 0 Å². The fourth-order valence-corrected chi connectivity index (χ4v) is 2.82. The zero-order valence-electron chi connectivity index (χ0n) is 8.85. The van der Waals surface area contributed by atoms with E-state index in [0.29, 0.717) is 16.4 Å². The highest BCUT2D eigenvalue weighted by Crippen LogP contribution is 2.23. The van der Waals surface area contributed by atoms with Crippen molar-refractivity contribution in [3.8, 4) is 0 Å². The molecule has 0 aliphatic heterocycles. The van der Waals surface area contributed by atoms with E-state index in [2.05, 4.69) is 0 Å². The van der Waals surface area contributed by atoms with E-state index < -0.39 is 11.2 Å². The Morgan fingerprint density at radius 3 is 2.75 bits per heavy atom. The van der Waals surface area contributed by atoms with Gasteiger partial charge in [-0.1, -0.05) is 12.1 Å². The number of hydrogen-bond donors (Lipinski definition) is 1. The quantitative estimate of drug-likeness (QED) is 0.630. The molecule has 1 N–H and O–H groups in total. The first kappa shape index (κ1) is 13.4. The van der Waals surface area contributed by atoms with Gasteiger partial charge in [0.1, 0.15) is 5.82 Å². The topological polar surface area (TPSA) is 37.3 Å². The summed E-state index contributed by atoms with van der Waals surface area (Å²) in [5.41, 5.74) is 0. The standard InChI is InChI=1S/C11H13FO2S2/c1-8(11(13)14)15-6-7-16-10-5-3-2-4-9(10)12/h2-5,8H,6-7H2,1H3,(H,13,14). The van der Waals surface area contributed by atoms with Gasteiger partial charge in [0.15, 0.2) is 0 Å². The minimum absolute atomic E-state index is 0.219. The molecule has 0 amide bonds. The molecule has 88 valence electrons. The molecule has 16 heavy (non-hydrogen) atoms. The van der Waals surface area contributed by atoms with Crippen LogP contribution in [-0.2, 0) is 4.79 Å². The summed E-state index contributed by atoms with van der Waals surface area (Å²) in [6.07, 6.45) is 0. The molecular formula is C11H13FO2S2. The number of halogens is 1. The van der Waals surface area contributed by atoms with Crippen molar-refractivity contribution in [2.75, 3.05) is 11.5 Å². The second kappa shape index (κ2) is 6.81. The van der Waals surface area contributed by atoms with Gasteiger partial charge < -0.3 is 5.11 Å². The van der Waals surface area contributed by atoms with E-state index in [-0.39, 0.29) is 5.82 Å². The molecule has 0 spiro atoms. The van der Waals surface area contributed by atoms with Gasteiger partial charge in [0.2, 0.25) is 0 Å². The van der Waals surface area contributed by atoms with Crippen LogP contribution in [-0.4, -0.2) is 27.8 Å².